The van der Waals surface area contributed by atoms with E-state index in [1.807, 2.05) is 158 Å². The average molecular weight is 807 g/mol. The average Bonchev–Trinajstić information content (AvgIpc) is 3.44. The Kier molecular flexibility index (Phi) is 8.77. The molecule has 0 aromatic heterocycles. The fraction of sp³-hybridized carbons (Fsp3) is 0.0333. The minimum Gasteiger partial charge on any atom is -0.334 e. The van der Waals surface area contributed by atoms with Crippen molar-refractivity contribution < 1.29 is 13.7 Å². The quantitative estimate of drug-likeness (QED) is 0.101. The van der Waals surface area contributed by atoms with Crippen LogP contribution in [0.3, 0.4) is 0 Å². The largest absolute Gasteiger partial charge is 0.334 e. The maximum absolute atomic E-state index is 8.94. The molecule has 2 heteroatoms. The van der Waals surface area contributed by atoms with Crippen molar-refractivity contribution in [2.45, 2.75) is 12.4 Å². The van der Waals surface area contributed by atoms with Gasteiger partial charge in [-0.3, -0.25) is 0 Å². The van der Waals surface area contributed by atoms with E-state index in [9.17, 15) is 0 Å². The van der Waals surface area contributed by atoms with Crippen LogP contribution >= 0.6 is 0 Å². The van der Waals surface area contributed by atoms with Crippen LogP contribution in [0.2, 0.25) is 0 Å². The van der Waals surface area contributed by atoms with E-state index < -0.39 is 30.6 Å². The van der Waals surface area contributed by atoms with Gasteiger partial charge in [-0.15, -0.1) is 13.1 Å². The zero-order valence-electron chi connectivity index (χ0n) is 43.8. The zero-order valence-corrected chi connectivity index (χ0v) is 33.8. The molecule has 62 heavy (non-hydrogen) atoms. The van der Waals surface area contributed by atoms with E-state index in [1.54, 1.807) is 9.80 Å². The molecule has 0 fully saturated rings. The maximum Gasteiger partial charge on any atom is 0.0645 e. The van der Waals surface area contributed by atoms with E-state index in [2.05, 4.69) is 48.5 Å². The van der Waals surface area contributed by atoms with E-state index in [1.165, 1.54) is 0 Å². The molecule has 298 valence electrons. The second kappa shape index (κ2) is 18.5. The van der Waals surface area contributed by atoms with Crippen molar-refractivity contribution in [1.29, 1.82) is 0 Å². The first-order valence-electron chi connectivity index (χ1n) is 25.6. The van der Waals surface area contributed by atoms with Crippen LogP contribution < -0.4 is 9.80 Å². The summed E-state index contributed by atoms with van der Waals surface area (Å²) in [5, 5.41) is 0. The Balaban J connectivity index is 0.956. The first-order valence-corrected chi connectivity index (χ1v) is 20.4. The monoisotopic (exact) mass is 806 g/mol. The van der Waals surface area contributed by atoms with Crippen LogP contribution in [0.4, 0.5) is 28.4 Å². The van der Waals surface area contributed by atoms with Crippen LogP contribution in [-0.2, 0) is 0 Å². The molecule has 0 N–H and O–H groups in total. The van der Waals surface area contributed by atoms with Crippen molar-refractivity contribution in [3.8, 4) is 55.6 Å². The Bertz CT molecular complexity index is 3340. The van der Waals surface area contributed by atoms with E-state index in [0.29, 0.717) is 22.7 Å². The molecule has 0 heterocycles. The third-order valence-electron chi connectivity index (χ3n) is 10.9. The molecule has 2 unspecified atom stereocenters. The molecule has 2 nitrogen and oxygen atoms in total. The van der Waals surface area contributed by atoms with Gasteiger partial charge >= 0.3 is 0 Å². The summed E-state index contributed by atoms with van der Waals surface area (Å²) >= 11 is 0. The fourth-order valence-corrected chi connectivity index (χ4v) is 7.73. The van der Waals surface area contributed by atoms with Gasteiger partial charge in [0.2, 0.25) is 0 Å². The predicted molar refractivity (Wildman–Crippen MR) is 266 cm³/mol. The van der Waals surface area contributed by atoms with Crippen LogP contribution in [0.15, 0.2) is 262 Å². The smallest absolute Gasteiger partial charge is 0.0645 e. The van der Waals surface area contributed by atoms with Gasteiger partial charge in [0.1, 0.15) is 0 Å². The number of nitrogens with zero attached hydrogens (tertiary/aromatic N) is 2. The normalized spacial score (nSPS) is 14.8. The van der Waals surface area contributed by atoms with Crippen molar-refractivity contribution in [3.63, 3.8) is 0 Å². The third kappa shape index (κ3) is 8.68. The van der Waals surface area contributed by atoms with E-state index >= 15 is 0 Å². The summed E-state index contributed by atoms with van der Waals surface area (Å²) in [6.07, 6.45) is -1.30. The number of para-hydroxylation sites is 1. The zero-order chi connectivity index (χ0) is 50.5. The minimum atomic E-state index is -1.30. The molecule has 0 saturated heterocycles. The number of rotatable bonds is 14. The van der Waals surface area contributed by atoms with Gasteiger partial charge in [-0.1, -0.05) is 188 Å². The highest BCUT2D eigenvalue weighted by Crippen LogP contribution is 2.38. The minimum absolute atomic E-state index is 0.0636. The molecular formula is C60H48N2. The Morgan fingerprint density at radius 3 is 1.06 bits per heavy atom. The predicted octanol–water partition coefficient (Wildman–Crippen LogP) is 16.8. The third-order valence-corrected chi connectivity index (χ3v) is 10.9. The molecular weight excluding hydrogens is 749 g/mol. The summed E-state index contributed by atoms with van der Waals surface area (Å²) in [7, 11) is 0. The molecule has 0 bridgehead atoms. The maximum atomic E-state index is 8.94. The lowest BCUT2D eigenvalue weighted by atomic mass is 9.97. The lowest BCUT2D eigenvalue weighted by Gasteiger charge is -2.32. The molecule has 0 aliphatic rings. The standard InChI is InChI=1S/C60H48N2/c1-3-14-55(4-2)61(57-37-29-51(30-38-57)45-15-8-5-9-16-45)58-39-33-53(34-40-58)49-25-21-47(22-26-49)48-23-27-50(28-24-48)54-35-43-60(44-36-54)62(56-19-12-7-13-20-56)59-41-31-52(32-42-59)46-17-10-6-11-18-46/h3-13,15-44,55H,1-2,14H2/i1D,2D,3D,4D,7D,12D,13D,14D,19D,20D. The van der Waals surface area contributed by atoms with Gasteiger partial charge in [-0.25, -0.2) is 0 Å². The van der Waals surface area contributed by atoms with Gasteiger partial charge in [0, 0.05) is 29.8 Å². The topological polar surface area (TPSA) is 6.48 Å². The Morgan fingerprint density at radius 1 is 0.403 bits per heavy atom. The Labute approximate surface area is 380 Å². The highest BCUT2D eigenvalue weighted by molar-refractivity contribution is 5.81. The summed E-state index contributed by atoms with van der Waals surface area (Å²) in [6.45, 7) is 1.72. The van der Waals surface area contributed by atoms with Gasteiger partial charge in [0.25, 0.3) is 0 Å². The van der Waals surface area contributed by atoms with Crippen LogP contribution in [0.5, 0.6) is 0 Å². The SMILES string of the molecule is [2H]C=C([2H])C([2H])C(C([2H])=C[2H])N(c1ccc(-c2ccccc2)cc1)c1ccc(-c2ccc(-c3ccc(-c4ccc(N(c5ccc(-c6ccccc6)cc5)c5c([2H])c([2H])c([2H])c([2H])c5[2H])cc4)cc3)cc2)cc1. The first kappa shape index (κ1) is 29.3. The summed E-state index contributed by atoms with van der Waals surface area (Å²) in [5.41, 5.74) is 12.7. The lowest BCUT2D eigenvalue weighted by Crippen LogP contribution is -2.28. The second-order valence-electron chi connectivity index (χ2n) is 14.7. The molecule has 9 rings (SSSR count). The summed E-state index contributed by atoms with van der Waals surface area (Å²) < 4.78 is 84.5. The van der Waals surface area contributed by atoms with Crippen molar-refractivity contribution in [2.75, 3.05) is 9.80 Å². The molecule has 0 aliphatic heterocycles. The van der Waals surface area contributed by atoms with E-state index in [0.717, 1.165) is 68.7 Å². The number of benzene rings is 9. The van der Waals surface area contributed by atoms with Gasteiger partial charge in [-0.05, 0) is 123 Å². The molecule has 0 radical (unpaired) electrons. The van der Waals surface area contributed by atoms with Gasteiger partial charge < -0.3 is 9.80 Å². The van der Waals surface area contributed by atoms with Gasteiger partial charge in [0.05, 0.1) is 18.4 Å². The van der Waals surface area contributed by atoms with Crippen LogP contribution in [0.25, 0.3) is 55.6 Å². The summed E-state index contributed by atoms with van der Waals surface area (Å²) in [6, 6.07) is 64.2. The molecule has 9 aromatic rings. The molecule has 9 aromatic carbocycles. The first-order chi connectivity index (χ1) is 34.9. The van der Waals surface area contributed by atoms with Crippen LogP contribution in [0.1, 0.15) is 20.1 Å². The van der Waals surface area contributed by atoms with Crippen molar-refractivity contribution in [1.82, 2.24) is 0 Å². The highest BCUT2D eigenvalue weighted by atomic mass is 15.2. The lowest BCUT2D eigenvalue weighted by molar-refractivity contribution is 0.795. The van der Waals surface area contributed by atoms with E-state index in [4.69, 9.17) is 13.7 Å². The van der Waals surface area contributed by atoms with Crippen LogP contribution in [-0.4, -0.2) is 6.04 Å². The molecule has 0 amide bonds. The molecule has 2 atom stereocenters. The number of hydrogen-bond donors (Lipinski definition) is 0. The Hall–Kier alpha value is -7.94. The molecule has 0 saturated carbocycles. The molecule has 0 spiro atoms. The van der Waals surface area contributed by atoms with Crippen molar-refractivity contribution >= 4 is 28.4 Å². The van der Waals surface area contributed by atoms with E-state index in [-0.39, 0.29) is 29.9 Å². The number of hydrogen-bond acceptors (Lipinski definition) is 2. The highest BCUT2D eigenvalue weighted by Gasteiger charge is 2.18. The fourth-order valence-electron chi connectivity index (χ4n) is 7.73. The summed E-state index contributed by atoms with van der Waals surface area (Å²) in [5.74, 6) is 0. The second-order valence-corrected chi connectivity index (χ2v) is 14.7. The Morgan fingerprint density at radius 2 is 0.726 bits per heavy atom. The van der Waals surface area contributed by atoms with Crippen molar-refractivity contribution in [2.24, 2.45) is 0 Å². The summed E-state index contributed by atoms with van der Waals surface area (Å²) in [4.78, 5) is 3.51. The molecule has 0 aliphatic carbocycles. The van der Waals surface area contributed by atoms with Crippen LogP contribution in [0, 0.1) is 0 Å². The van der Waals surface area contributed by atoms with Crippen molar-refractivity contribution in [3.05, 3.63) is 262 Å². The number of anilines is 5. The van der Waals surface area contributed by atoms with Gasteiger partial charge in [0.15, 0.2) is 0 Å². The van der Waals surface area contributed by atoms with Gasteiger partial charge in [-0.2, -0.15) is 0 Å².